The van der Waals surface area contributed by atoms with Crippen molar-refractivity contribution in [2.45, 2.75) is 50.9 Å². The molecule has 1 aliphatic heterocycles. The Morgan fingerprint density at radius 1 is 1.23 bits per heavy atom. The van der Waals surface area contributed by atoms with Crippen LogP contribution in [0.2, 0.25) is 0 Å². The molecule has 1 aliphatic rings. The number of nitrogens with zero attached hydrogens (tertiary/aromatic N) is 1. The van der Waals surface area contributed by atoms with Gasteiger partial charge in [0, 0.05) is 12.6 Å². The van der Waals surface area contributed by atoms with Gasteiger partial charge < -0.3 is 30.1 Å². The third kappa shape index (κ3) is 5.79. The Labute approximate surface area is 172 Å². The molecule has 0 saturated heterocycles. The van der Waals surface area contributed by atoms with Crippen LogP contribution in [-0.2, 0) is 9.47 Å². The van der Waals surface area contributed by atoms with E-state index in [1.54, 1.807) is 6.92 Å². The first-order valence-corrected chi connectivity index (χ1v) is 9.51. The molecule has 4 N–H and O–H groups in total. The van der Waals surface area contributed by atoms with Gasteiger partial charge in [-0.05, 0) is 32.3 Å². The van der Waals surface area contributed by atoms with Crippen LogP contribution in [0.15, 0.2) is 23.2 Å². The van der Waals surface area contributed by atoms with Crippen molar-refractivity contribution in [2.24, 2.45) is 4.99 Å². The van der Waals surface area contributed by atoms with Gasteiger partial charge >= 0.3 is 0 Å². The Morgan fingerprint density at radius 3 is 2.57 bits per heavy atom. The first-order chi connectivity index (χ1) is 14.2. The number of hydrogen-bond acceptors (Lipinski definition) is 6. The van der Waals surface area contributed by atoms with E-state index in [4.69, 9.17) is 9.47 Å². The minimum atomic E-state index is -1.87. The van der Waals surface area contributed by atoms with E-state index in [0.29, 0.717) is 18.4 Å². The zero-order valence-corrected chi connectivity index (χ0v) is 16.9. The van der Waals surface area contributed by atoms with Gasteiger partial charge in [-0.2, -0.15) is 0 Å². The second-order valence-corrected chi connectivity index (χ2v) is 7.06. The molecule has 0 amide bonds. The monoisotopic (exact) mass is 432 g/mol. The molecule has 7 nitrogen and oxygen atoms in total. The molecule has 2 unspecified atom stereocenters. The predicted octanol–water partition coefficient (Wildman–Crippen LogP) is 1.90. The lowest BCUT2D eigenvalue weighted by molar-refractivity contribution is -0.144. The summed E-state index contributed by atoms with van der Waals surface area (Å²) in [6, 6.07) is 0.0373. The first-order valence-electron chi connectivity index (χ1n) is 9.51. The second-order valence-electron chi connectivity index (χ2n) is 7.06. The molecule has 1 aromatic carbocycles. The summed E-state index contributed by atoms with van der Waals surface area (Å²) in [4.78, 5) is 3.86. The lowest BCUT2D eigenvalue weighted by Crippen LogP contribution is -2.47. The highest BCUT2D eigenvalue weighted by Crippen LogP contribution is 2.27. The van der Waals surface area contributed by atoms with E-state index in [-0.39, 0.29) is 18.9 Å². The Balaban J connectivity index is 2.49. The number of benzene rings is 1. The molecule has 0 spiro atoms. The quantitative estimate of drug-likeness (QED) is 0.399. The molecule has 0 fully saturated rings. The normalized spacial score (nSPS) is 28.4. The van der Waals surface area contributed by atoms with Gasteiger partial charge in [0.2, 0.25) is 0 Å². The van der Waals surface area contributed by atoms with Crippen LogP contribution in [-0.4, -0.2) is 59.9 Å². The Hall–Kier alpha value is -1.98. The number of ether oxygens (including phenoxy) is 2. The van der Waals surface area contributed by atoms with Crippen molar-refractivity contribution in [1.82, 2.24) is 5.32 Å². The van der Waals surface area contributed by atoms with Gasteiger partial charge in [-0.1, -0.05) is 12.2 Å². The van der Waals surface area contributed by atoms with Crippen LogP contribution in [0.25, 0.3) is 0 Å². The van der Waals surface area contributed by atoms with Crippen LogP contribution in [0.5, 0.6) is 0 Å². The summed E-state index contributed by atoms with van der Waals surface area (Å²) in [5.41, 5.74) is -0.520. The lowest BCUT2D eigenvalue weighted by atomic mass is 10.1. The van der Waals surface area contributed by atoms with Crippen LogP contribution in [0.4, 0.5) is 13.2 Å². The van der Waals surface area contributed by atoms with E-state index in [2.05, 4.69) is 16.9 Å². The van der Waals surface area contributed by atoms with Crippen LogP contribution in [0, 0.1) is 17.5 Å². The highest BCUT2D eigenvalue weighted by Gasteiger charge is 2.28. The molecule has 2 rings (SSSR count). The topological polar surface area (TPSA) is 104 Å². The van der Waals surface area contributed by atoms with E-state index in [1.807, 2.05) is 0 Å². The van der Waals surface area contributed by atoms with Crippen molar-refractivity contribution in [2.75, 3.05) is 20.3 Å². The zero-order chi connectivity index (χ0) is 22.4. The average molecular weight is 432 g/mol. The van der Waals surface area contributed by atoms with Gasteiger partial charge in [-0.15, -0.1) is 0 Å². The molecule has 1 heterocycles. The van der Waals surface area contributed by atoms with Crippen molar-refractivity contribution in [3.63, 3.8) is 0 Å². The Kier molecular flexibility index (Phi) is 8.80. The Bertz CT molecular complexity index is 790. The molecular weight excluding hydrogens is 405 g/mol. The molecule has 0 radical (unpaired) electrons. The third-order valence-electron chi connectivity index (χ3n) is 4.80. The lowest BCUT2D eigenvalue weighted by Gasteiger charge is -2.28. The van der Waals surface area contributed by atoms with E-state index in [9.17, 15) is 28.5 Å². The minimum Gasteiger partial charge on any atom is -0.394 e. The van der Waals surface area contributed by atoms with Crippen LogP contribution < -0.4 is 5.32 Å². The molecule has 0 saturated carbocycles. The number of aliphatic hydroxyl groups is 3. The van der Waals surface area contributed by atoms with E-state index < -0.39 is 59.9 Å². The van der Waals surface area contributed by atoms with Crippen LogP contribution in [0.1, 0.15) is 43.6 Å². The van der Waals surface area contributed by atoms with Crippen molar-refractivity contribution < 1.29 is 38.0 Å². The standard InChI is InChI=1S/C20H27F3N2O5/c1-10-5-4-6-15(27)30-11(2)14(8-26)25-19(24-3)12-7-13(20(28)29-9-10)17(22)18(23)16(12)21/h7,11,14-15,20,26-28H,1,4-6,8-9H2,2-3H3,(H,24,25)/t11-,14+,15?,20?/m0/s1. The predicted molar refractivity (Wildman–Crippen MR) is 103 cm³/mol. The minimum absolute atomic E-state index is 0.151. The van der Waals surface area contributed by atoms with Gasteiger partial charge in [0.05, 0.1) is 30.9 Å². The zero-order valence-electron chi connectivity index (χ0n) is 16.9. The van der Waals surface area contributed by atoms with Gasteiger partial charge in [-0.25, -0.2) is 13.2 Å². The molecule has 1 aromatic rings. The molecule has 30 heavy (non-hydrogen) atoms. The van der Waals surface area contributed by atoms with Crippen LogP contribution >= 0.6 is 0 Å². The fraction of sp³-hybridized carbons (Fsp3) is 0.550. The summed E-state index contributed by atoms with van der Waals surface area (Å²) in [5.74, 6) is -5.11. The number of aliphatic hydroxyl groups excluding tert-OH is 3. The van der Waals surface area contributed by atoms with Crippen molar-refractivity contribution in [3.05, 3.63) is 46.8 Å². The third-order valence-corrected chi connectivity index (χ3v) is 4.80. The number of nitrogens with one attached hydrogen (secondary N) is 1. The highest BCUT2D eigenvalue weighted by molar-refractivity contribution is 5.99. The number of hydrogen-bond donors (Lipinski definition) is 4. The molecule has 4 atom stereocenters. The smallest absolute Gasteiger partial charge is 0.195 e. The number of rotatable bonds is 1. The summed E-state index contributed by atoms with van der Waals surface area (Å²) >= 11 is 0. The molecule has 2 bridgehead atoms. The summed E-state index contributed by atoms with van der Waals surface area (Å²) in [6.45, 7) is 4.73. The van der Waals surface area contributed by atoms with Crippen molar-refractivity contribution in [3.8, 4) is 0 Å². The molecular formula is C20H27F3N2O5. The number of halogens is 3. The maximum Gasteiger partial charge on any atom is 0.195 e. The van der Waals surface area contributed by atoms with E-state index in [1.165, 1.54) is 7.05 Å². The van der Waals surface area contributed by atoms with Gasteiger partial charge in [0.1, 0.15) is 5.84 Å². The molecule has 168 valence electrons. The number of aliphatic imine (C=N–C) groups is 1. The molecule has 0 aliphatic carbocycles. The van der Waals surface area contributed by atoms with Gasteiger partial charge in [0.15, 0.2) is 30.0 Å². The molecule has 10 heteroatoms. The molecule has 0 aromatic heterocycles. The summed E-state index contributed by atoms with van der Waals surface area (Å²) in [5, 5.41) is 32.7. The summed E-state index contributed by atoms with van der Waals surface area (Å²) < 4.78 is 53.6. The fourth-order valence-corrected chi connectivity index (χ4v) is 3.02. The largest absolute Gasteiger partial charge is 0.394 e. The first kappa shape index (κ1) is 24.3. The summed E-state index contributed by atoms with van der Waals surface area (Å²) in [7, 11) is 1.28. The number of amidine groups is 1. The number of fused-ring (bicyclic) bond motifs is 2. The van der Waals surface area contributed by atoms with Gasteiger partial charge in [0.25, 0.3) is 0 Å². The van der Waals surface area contributed by atoms with E-state index >= 15 is 0 Å². The fourth-order valence-electron chi connectivity index (χ4n) is 3.02. The Morgan fingerprint density at radius 2 is 1.93 bits per heavy atom. The maximum absolute atomic E-state index is 14.5. The van der Waals surface area contributed by atoms with Crippen molar-refractivity contribution in [1.29, 1.82) is 0 Å². The maximum atomic E-state index is 14.5. The van der Waals surface area contributed by atoms with Gasteiger partial charge in [-0.3, -0.25) is 4.99 Å². The highest BCUT2D eigenvalue weighted by atomic mass is 19.2. The second kappa shape index (κ2) is 10.9. The van der Waals surface area contributed by atoms with Crippen LogP contribution in [0.3, 0.4) is 0 Å². The van der Waals surface area contributed by atoms with E-state index in [0.717, 1.165) is 6.07 Å². The summed E-state index contributed by atoms with van der Waals surface area (Å²) in [6.07, 6.45) is -2.54. The van der Waals surface area contributed by atoms with Crippen molar-refractivity contribution >= 4 is 5.84 Å². The average Bonchev–Trinajstić information content (AvgIpc) is 2.71. The SMILES string of the molecule is C=C1CCCC(O)O[C@@H](C)[C@@H](CO)N/C(=N\C)c2cc(c(F)c(F)c2F)C(O)OC1.